The predicted octanol–water partition coefficient (Wildman–Crippen LogP) is 1.46. The van der Waals surface area contributed by atoms with Crippen molar-refractivity contribution in [3.8, 4) is 0 Å². The van der Waals surface area contributed by atoms with Gasteiger partial charge in [-0.15, -0.1) is 0 Å². The molecule has 0 atom stereocenters. The molecule has 0 aromatic carbocycles. The summed E-state index contributed by atoms with van der Waals surface area (Å²) >= 11 is 0. The fraction of sp³-hybridized carbons (Fsp3) is 0.889. The van der Waals surface area contributed by atoms with Crippen molar-refractivity contribution in [2.24, 2.45) is 10.9 Å². The number of ether oxygens (including phenoxy) is 1. The zero-order valence-corrected chi connectivity index (χ0v) is 16.2. The number of hydrogen-bond donors (Lipinski definition) is 1. The minimum atomic E-state index is -0.207. The molecule has 0 radical (unpaired) electrons. The second kappa shape index (κ2) is 10.5. The standard InChI is InChI=1S/C18H35N5O2/c1-4-25-18(24)23-14-12-22(13-15-23)17(19-3)20-8-5-9-21-10-6-16(2)7-11-21/h16H,4-15H2,1-3H3,(H,19,20). The van der Waals surface area contributed by atoms with Crippen molar-refractivity contribution in [3.63, 3.8) is 0 Å². The molecule has 1 N–H and O–H groups in total. The summed E-state index contributed by atoms with van der Waals surface area (Å²) in [5.41, 5.74) is 0. The van der Waals surface area contributed by atoms with E-state index in [0.717, 1.165) is 44.5 Å². The van der Waals surface area contributed by atoms with Crippen molar-refractivity contribution in [2.45, 2.75) is 33.1 Å². The van der Waals surface area contributed by atoms with Crippen LogP contribution in [0.4, 0.5) is 4.79 Å². The highest BCUT2D eigenvalue weighted by Gasteiger charge is 2.23. The van der Waals surface area contributed by atoms with Gasteiger partial charge in [0.25, 0.3) is 0 Å². The third-order valence-electron chi connectivity index (χ3n) is 5.13. The van der Waals surface area contributed by atoms with Crippen molar-refractivity contribution >= 4 is 12.1 Å². The van der Waals surface area contributed by atoms with Crippen LogP contribution >= 0.6 is 0 Å². The van der Waals surface area contributed by atoms with Gasteiger partial charge in [0, 0.05) is 39.8 Å². The van der Waals surface area contributed by atoms with E-state index in [-0.39, 0.29) is 6.09 Å². The highest BCUT2D eigenvalue weighted by atomic mass is 16.6. The Labute approximate surface area is 152 Å². The smallest absolute Gasteiger partial charge is 0.409 e. The van der Waals surface area contributed by atoms with Gasteiger partial charge in [-0.3, -0.25) is 4.99 Å². The summed E-state index contributed by atoms with van der Waals surface area (Å²) < 4.78 is 5.07. The molecular formula is C18H35N5O2. The maximum Gasteiger partial charge on any atom is 0.409 e. The molecule has 25 heavy (non-hydrogen) atoms. The molecule has 0 saturated carbocycles. The Kier molecular flexibility index (Phi) is 8.31. The molecule has 7 heteroatoms. The summed E-state index contributed by atoms with van der Waals surface area (Å²) in [6.45, 7) is 12.2. The molecule has 0 spiro atoms. The topological polar surface area (TPSA) is 60.4 Å². The Bertz CT molecular complexity index is 427. The van der Waals surface area contributed by atoms with Gasteiger partial charge in [-0.25, -0.2) is 4.79 Å². The van der Waals surface area contributed by atoms with Crippen LogP contribution in [0.5, 0.6) is 0 Å². The van der Waals surface area contributed by atoms with Gasteiger partial charge in [0.15, 0.2) is 5.96 Å². The van der Waals surface area contributed by atoms with Crippen LogP contribution in [0.1, 0.15) is 33.1 Å². The lowest BCUT2D eigenvalue weighted by Gasteiger charge is -2.36. The molecule has 2 aliphatic rings. The lowest BCUT2D eigenvalue weighted by atomic mass is 9.99. The Morgan fingerprint density at radius 2 is 1.76 bits per heavy atom. The number of rotatable bonds is 5. The van der Waals surface area contributed by atoms with Crippen LogP contribution < -0.4 is 5.32 Å². The number of carbonyl (C=O) groups excluding carboxylic acids is 1. The van der Waals surface area contributed by atoms with E-state index >= 15 is 0 Å². The van der Waals surface area contributed by atoms with E-state index in [4.69, 9.17) is 4.74 Å². The van der Waals surface area contributed by atoms with Gasteiger partial charge in [-0.05, 0) is 51.7 Å². The minimum Gasteiger partial charge on any atom is -0.450 e. The second-order valence-electron chi connectivity index (χ2n) is 7.02. The molecule has 144 valence electrons. The molecule has 2 saturated heterocycles. The molecule has 2 aliphatic heterocycles. The summed E-state index contributed by atoms with van der Waals surface area (Å²) in [7, 11) is 1.83. The quantitative estimate of drug-likeness (QED) is 0.461. The van der Waals surface area contributed by atoms with Crippen LogP contribution in [0.3, 0.4) is 0 Å². The first-order valence-electron chi connectivity index (χ1n) is 9.73. The number of amides is 1. The molecule has 7 nitrogen and oxygen atoms in total. The average molecular weight is 354 g/mol. The number of aliphatic imine (C=N–C) groups is 1. The largest absolute Gasteiger partial charge is 0.450 e. The first kappa shape index (κ1) is 19.8. The number of piperazine rings is 1. The van der Waals surface area contributed by atoms with E-state index < -0.39 is 0 Å². The highest BCUT2D eigenvalue weighted by molar-refractivity contribution is 5.80. The Balaban J connectivity index is 1.63. The maximum absolute atomic E-state index is 11.8. The van der Waals surface area contributed by atoms with Crippen LogP contribution in [-0.4, -0.2) is 92.8 Å². The number of nitrogens with zero attached hydrogens (tertiary/aromatic N) is 4. The Morgan fingerprint density at radius 1 is 1.12 bits per heavy atom. The molecule has 0 aromatic heterocycles. The Morgan fingerprint density at radius 3 is 2.36 bits per heavy atom. The van der Waals surface area contributed by atoms with Gasteiger partial charge < -0.3 is 24.8 Å². The predicted molar refractivity (Wildman–Crippen MR) is 101 cm³/mol. The normalized spacial score (nSPS) is 20.7. The van der Waals surface area contributed by atoms with E-state index in [1.54, 1.807) is 4.90 Å². The second-order valence-corrected chi connectivity index (χ2v) is 7.02. The van der Waals surface area contributed by atoms with Crippen LogP contribution in [-0.2, 0) is 4.74 Å². The fourth-order valence-corrected chi connectivity index (χ4v) is 3.44. The lowest BCUT2D eigenvalue weighted by molar-refractivity contribution is 0.0914. The van der Waals surface area contributed by atoms with Gasteiger partial charge in [-0.2, -0.15) is 0 Å². The van der Waals surface area contributed by atoms with E-state index in [9.17, 15) is 4.79 Å². The van der Waals surface area contributed by atoms with Gasteiger partial charge >= 0.3 is 6.09 Å². The van der Waals surface area contributed by atoms with E-state index in [1.165, 1.54) is 25.9 Å². The zero-order valence-electron chi connectivity index (χ0n) is 16.2. The van der Waals surface area contributed by atoms with E-state index in [2.05, 4.69) is 27.0 Å². The van der Waals surface area contributed by atoms with Gasteiger partial charge in [0.2, 0.25) is 0 Å². The summed E-state index contributed by atoms with van der Waals surface area (Å²) in [6.07, 6.45) is 3.59. The SMILES string of the molecule is CCOC(=O)N1CCN(C(=NC)NCCCN2CCC(C)CC2)CC1. The first-order valence-corrected chi connectivity index (χ1v) is 9.73. The van der Waals surface area contributed by atoms with Crippen LogP contribution in [0.25, 0.3) is 0 Å². The summed E-state index contributed by atoms with van der Waals surface area (Å²) in [5, 5.41) is 3.47. The molecule has 0 bridgehead atoms. The van der Waals surface area contributed by atoms with Crippen molar-refractivity contribution < 1.29 is 9.53 Å². The first-order chi connectivity index (χ1) is 12.1. The molecule has 0 aromatic rings. The fourth-order valence-electron chi connectivity index (χ4n) is 3.44. The minimum absolute atomic E-state index is 0.207. The van der Waals surface area contributed by atoms with Gasteiger partial charge in [-0.1, -0.05) is 6.92 Å². The zero-order chi connectivity index (χ0) is 18.1. The maximum atomic E-state index is 11.8. The van der Waals surface area contributed by atoms with Gasteiger partial charge in [0.1, 0.15) is 0 Å². The number of hydrogen-bond acceptors (Lipinski definition) is 4. The third kappa shape index (κ3) is 6.38. The molecule has 2 heterocycles. The van der Waals surface area contributed by atoms with Crippen molar-refractivity contribution in [2.75, 3.05) is 66.0 Å². The molecule has 0 unspecified atom stereocenters. The molecule has 2 fully saturated rings. The summed E-state index contributed by atoms with van der Waals surface area (Å²) in [5.74, 6) is 1.83. The highest BCUT2D eigenvalue weighted by Crippen LogP contribution is 2.15. The Hall–Kier alpha value is -1.50. The number of carbonyl (C=O) groups is 1. The van der Waals surface area contributed by atoms with Crippen molar-refractivity contribution in [1.82, 2.24) is 20.0 Å². The number of guanidine groups is 1. The van der Waals surface area contributed by atoms with E-state index in [1.807, 2.05) is 14.0 Å². The average Bonchev–Trinajstić information content (AvgIpc) is 2.64. The van der Waals surface area contributed by atoms with Gasteiger partial charge in [0.05, 0.1) is 6.61 Å². The number of piperidine rings is 1. The monoisotopic (exact) mass is 353 g/mol. The van der Waals surface area contributed by atoms with Crippen molar-refractivity contribution in [3.05, 3.63) is 0 Å². The van der Waals surface area contributed by atoms with Crippen LogP contribution in [0.2, 0.25) is 0 Å². The van der Waals surface area contributed by atoms with Crippen LogP contribution in [0.15, 0.2) is 4.99 Å². The third-order valence-corrected chi connectivity index (χ3v) is 5.13. The summed E-state index contributed by atoms with van der Waals surface area (Å²) in [4.78, 5) is 22.7. The van der Waals surface area contributed by atoms with Crippen LogP contribution in [0, 0.1) is 5.92 Å². The molecule has 0 aliphatic carbocycles. The molecule has 2 rings (SSSR count). The molecule has 1 amide bonds. The number of nitrogens with one attached hydrogen (secondary N) is 1. The summed E-state index contributed by atoms with van der Waals surface area (Å²) in [6, 6.07) is 0. The lowest BCUT2D eigenvalue weighted by Crippen LogP contribution is -2.54. The van der Waals surface area contributed by atoms with Crippen molar-refractivity contribution in [1.29, 1.82) is 0 Å². The van der Waals surface area contributed by atoms with E-state index in [0.29, 0.717) is 19.7 Å². The number of likely N-dealkylation sites (tertiary alicyclic amines) is 1. The molecular weight excluding hydrogens is 318 g/mol.